The summed E-state index contributed by atoms with van der Waals surface area (Å²) in [7, 11) is 1.14. The van der Waals surface area contributed by atoms with Gasteiger partial charge in [-0.1, -0.05) is 15.9 Å². The number of halogens is 2. The predicted octanol–water partition coefficient (Wildman–Crippen LogP) is -2.01. The van der Waals surface area contributed by atoms with Crippen LogP contribution in [0.25, 0.3) is 0 Å². The molecular formula is C7H11Br2NO2S3. The number of hydrogen-bond acceptors (Lipinski definition) is 4. The Bertz CT molecular complexity index is 404. The van der Waals surface area contributed by atoms with Crippen LogP contribution in [0.15, 0.2) is 0 Å². The molecule has 2 rings (SSSR count). The highest BCUT2D eigenvalue weighted by Crippen LogP contribution is 2.56. The lowest BCUT2D eigenvalue weighted by molar-refractivity contribution is -0.458. The summed E-state index contributed by atoms with van der Waals surface area (Å²) in [5.41, 5.74) is 0. The number of thioether (sulfide) groups is 2. The van der Waals surface area contributed by atoms with E-state index in [1.807, 2.05) is 18.7 Å². The molecule has 2 saturated heterocycles. The Kier molecular flexibility index (Phi) is 4.31. The zero-order chi connectivity index (χ0) is 10.6. The van der Waals surface area contributed by atoms with E-state index < -0.39 is 9.84 Å². The van der Waals surface area contributed by atoms with Crippen molar-refractivity contribution < 1.29 is 30.0 Å². The van der Waals surface area contributed by atoms with Crippen molar-refractivity contribution in [2.75, 3.05) is 25.6 Å². The van der Waals surface area contributed by atoms with Gasteiger partial charge in [-0.3, -0.25) is 0 Å². The van der Waals surface area contributed by atoms with Crippen molar-refractivity contribution in [1.82, 2.24) is 0 Å². The van der Waals surface area contributed by atoms with Gasteiger partial charge in [-0.25, -0.2) is 13.0 Å². The molecule has 88 valence electrons. The number of nitrogens with zero attached hydrogens (tertiary/aromatic N) is 1. The average molecular weight is 397 g/mol. The summed E-state index contributed by atoms with van der Waals surface area (Å²) in [6, 6.07) is 0. The molecule has 15 heavy (non-hydrogen) atoms. The van der Waals surface area contributed by atoms with E-state index in [9.17, 15) is 8.42 Å². The van der Waals surface area contributed by atoms with Crippen molar-refractivity contribution in [2.45, 2.75) is 8.91 Å². The molecule has 2 fully saturated rings. The molecule has 0 spiro atoms. The zero-order valence-electron chi connectivity index (χ0n) is 8.24. The lowest BCUT2D eigenvalue weighted by atomic mass is 10.4. The van der Waals surface area contributed by atoms with Crippen molar-refractivity contribution in [3.8, 4) is 0 Å². The van der Waals surface area contributed by atoms with E-state index in [0.29, 0.717) is 5.75 Å². The largest absolute Gasteiger partial charge is 1.00 e. The molecule has 0 aliphatic carbocycles. The molecule has 0 saturated carbocycles. The van der Waals surface area contributed by atoms with E-state index in [-0.39, 0.29) is 31.6 Å². The third-order valence-electron chi connectivity index (χ3n) is 2.17. The maximum Gasteiger partial charge on any atom is 0.271 e. The van der Waals surface area contributed by atoms with Crippen LogP contribution in [0.1, 0.15) is 0 Å². The SMILES string of the molecule is C[N+](C)=C1S[C@@H]2CS(=O)(=O)C[C@]2(Br)S1.[Br-]. The number of hydrogen-bond donors (Lipinski definition) is 0. The van der Waals surface area contributed by atoms with Gasteiger partial charge in [0.2, 0.25) is 0 Å². The second-order valence-corrected chi connectivity index (χ2v) is 10.5. The molecule has 2 heterocycles. The molecule has 0 aromatic heterocycles. The van der Waals surface area contributed by atoms with Crippen molar-refractivity contribution >= 4 is 53.7 Å². The molecular weight excluding hydrogens is 386 g/mol. The van der Waals surface area contributed by atoms with E-state index in [1.54, 1.807) is 23.5 Å². The smallest absolute Gasteiger partial charge is 0.271 e. The number of sulfone groups is 1. The number of alkyl halides is 1. The van der Waals surface area contributed by atoms with E-state index in [2.05, 4.69) is 15.9 Å². The lowest BCUT2D eigenvalue weighted by Gasteiger charge is -2.13. The third-order valence-corrected chi connectivity index (χ3v) is 9.71. The summed E-state index contributed by atoms with van der Waals surface area (Å²) in [6.07, 6.45) is 0. The van der Waals surface area contributed by atoms with Gasteiger partial charge in [0.25, 0.3) is 4.38 Å². The number of rotatable bonds is 0. The Morgan fingerprint density at radius 1 is 1.53 bits per heavy atom. The first-order valence-electron chi connectivity index (χ1n) is 4.12. The van der Waals surface area contributed by atoms with Gasteiger partial charge in [0, 0.05) is 0 Å². The Hall–Kier alpha value is 1.28. The maximum atomic E-state index is 11.4. The molecule has 0 N–H and O–H groups in total. The molecule has 2 aliphatic heterocycles. The van der Waals surface area contributed by atoms with Crippen molar-refractivity contribution in [1.29, 1.82) is 0 Å². The summed E-state index contributed by atoms with van der Waals surface area (Å²) < 4.78 is 25.9. The summed E-state index contributed by atoms with van der Waals surface area (Å²) in [5, 5.41) is 0.162. The molecule has 0 aromatic carbocycles. The Balaban J connectivity index is 0.00000112. The standard InChI is InChI=1S/C7H11BrNO2S3.BrH/c1-9(2)6-12-5-3-14(10,11)4-7(5,8)13-6;/h5H,3-4H2,1-2H3;1H/q+1;/p-1/t5-,7+;/m1./s1. The highest BCUT2D eigenvalue weighted by Gasteiger charge is 2.57. The van der Waals surface area contributed by atoms with Gasteiger partial charge >= 0.3 is 0 Å². The Morgan fingerprint density at radius 3 is 2.60 bits per heavy atom. The van der Waals surface area contributed by atoms with Crippen LogP contribution in [0.3, 0.4) is 0 Å². The van der Waals surface area contributed by atoms with Gasteiger partial charge in [-0.15, -0.1) is 0 Å². The van der Waals surface area contributed by atoms with Gasteiger partial charge in [0.15, 0.2) is 9.84 Å². The van der Waals surface area contributed by atoms with Crippen LogP contribution < -0.4 is 17.0 Å². The van der Waals surface area contributed by atoms with Gasteiger partial charge in [-0.05, 0) is 23.5 Å². The van der Waals surface area contributed by atoms with Crippen LogP contribution >= 0.6 is 39.5 Å². The fraction of sp³-hybridized carbons (Fsp3) is 0.857. The van der Waals surface area contributed by atoms with Crippen LogP contribution in [0, 0.1) is 0 Å². The molecule has 2 atom stereocenters. The lowest BCUT2D eigenvalue weighted by Crippen LogP contribution is -3.00. The second kappa shape index (κ2) is 4.51. The minimum atomic E-state index is -2.83. The minimum Gasteiger partial charge on any atom is -1.00 e. The van der Waals surface area contributed by atoms with E-state index >= 15 is 0 Å². The van der Waals surface area contributed by atoms with E-state index in [0.717, 1.165) is 0 Å². The molecule has 0 aromatic rings. The molecule has 0 amide bonds. The average Bonchev–Trinajstić information content (AvgIpc) is 2.34. The Morgan fingerprint density at radius 2 is 2.13 bits per heavy atom. The minimum absolute atomic E-state index is 0. The Labute approximate surface area is 117 Å². The van der Waals surface area contributed by atoms with Crippen LogP contribution in [0.5, 0.6) is 0 Å². The summed E-state index contributed by atoms with van der Waals surface area (Å²) >= 11 is 6.88. The van der Waals surface area contributed by atoms with Gasteiger partial charge < -0.3 is 17.0 Å². The van der Waals surface area contributed by atoms with E-state index in [4.69, 9.17) is 0 Å². The predicted molar refractivity (Wildman–Crippen MR) is 66.4 cm³/mol. The first-order chi connectivity index (χ1) is 6.32. The molecule has 0 unspecified atom stereocenters. The highest BCUT2D eigenvalue weighted by molar-refractivity contribution is 9.12. The first-order valence-corrected chi connectivity index (χ1v) is 8.43. The summed E-state index contributed by atoms with van der Waals surface area (Å²) in [5.74, 6) is 0.549. The fourth-order valence-electron chi connectivity index (χ4n) is 1.51. The van der Waals surface area contributed by atoms with Crippen molar-refractivity contribution in [3.63, 3.8) is 0 Å². The van der Waals surface area contributed by atoms with Crippen molar-refractivity contribution in [2.24, 2.45) is 0 Å². The van der Waals surface area contributed by atoms with Gasteiger partial charge in [0.1, 0.15) is 17.8 Å². The number of fused-ring (bicyclic) bond motifs is 1. The van der Waals surface area contributed by atoms with Gasteiger partial charge in [-0.2, -0.15) is 0 Å². The fourth-order valence-corrected chi connectivity index (χ4v) is 10.2. The van der Waals surface area contributed by atoms with Crippen molar-refractivity contribution in [3.05, 3.63) is 0 Å². The maximum absolute atomic E-state index is 11.4. The normalized spacial score (nSPS) is 37.3. The first kappa shape index (κ1) is 14.3. The summed E-state index contributed by atoms with van der Waals surface area (Å²) in [6.45, 7) is 0. The summed E-state index contributed by atoms with van der Waals surface area (Å²) in [4.78, 5) is 0. The van der Waals surface area contributed by atoms with E-state index in [1.165, 1.54) is 4.38 Å². The molecule has 3 nitrogen and oxygen atoms in total. The molecule has 2 aliphatic rings. The van der Waals surface area contributed by atoms with Crippen LogP contribution in [0.2, 0.25) is 0 Å². The topological polar surface area (TPSA) is 37.1 Å². The second-order valence-electron chi connectivity index (χ2n) is 3.71. The third kappa shape index (κ3) is 2.75. The monoisotopic (exact) mass is 395 g/mol. The van der Waals surface area contributed by atoms with Crippen LogP contribution in [-0.2, 0) is 9.84 Å². The zero-order valence-corrected chi connectivity index (χ0v) is 13.9. The van der Waals surface area contributed by atoms with Crippen LogP contribution in [-0.4, -0.2) is 51.9 Å². The molecule has 8 heteroatoms. The van der Waals surface area contributed by atoms with Crippen LogP contribution in [0.4, 0.5) is 0 Å². The highest BCUT2D eigenvalue weighted by atomic mass is 79.9. The van der Waals surface area contributed by atoms with Gasteiger partial charge in [0.05, 0.1) is 16.8 Å². The molecule has 0 radical (unpaired) electrons. The quantitative estimate of drug-likeness (QED) is 0.350. The molecule has 0 bridgehead atoms.